The minimum Gasteiger partial charge on any atom is -0.447 e. The lowest BCUT2D eigenvalue weighted by Crippen LogP contribution is -2.26. The maximum atomic E-state index is 12.6. The molecule has 2 aromatic heterocycles. The first-order valence-corrected chi connectivity index (χ1v) is 13.7. The summed E-state index contributed by atoms with van der Waals surface area (Å²) in [4.78, 5) is 16.9. The van der Waals surface area contributed by atoms with Crippen molar-refractivity contribution in [3.05, 3.63) is 111 Å². The summed E-state index contributed by atoms with van der Waals surface area (Å²) in [6, 6.07) is 22.6. The van der Waals surface area contributed by atoms with Crippen LogP contribution in [-0.2, 0) is 12.2 Å². The quantitative estimate of drug-likeness (QED) is 0.185. The predicted octanol–water partition coefficient (Wildman–Crippen LogP) is 7.15. The van der Waals surface area contributed by atoms with Gasteiger partial charge in [0.1, 0.15) is 6.26 Å². The Kier molecular flexibility index (Phi) is 8.34. The molecule has 7 nitrogen and oxygen atoms in total. The maximum Gasteiger partial charge on any atom is 0.273 e. The number of nitrogens with one attached hydrogen (secondary N) is 1. The van der Waals surface area contributed by atoms with Crippen molar-refractivity contribution in [1.82, 2.24) is 25.1 Å². The van der Waals surface area contributed by atoms with Crippen LogP contribution in [0.4, 0.5) is 0 Å². The van der Waals surface area contributed by atoms with Crippen LogP contribution in [0, 0.1) is 0 Å². The van der Waals surface area contributed by atoms with Gasteiger partial charge in [-0.2, -0.15) is 0 Å². The molecule has 1 amide bonds. The highest BCUT2D eigenvalue weighted by Gasteiger charge is 2.19. The fraction of sp³-hybridized carbons (Fsp3) is 0.111. The molecule has 2 heterocycles. The summed E-state index contributed by atoms with van der Waals surface area (Å²) >= 11 is 20.0. The molecule has 0 aliphatic heterocycles. The van der Waals surface area contributed by atoms with E-state index in [9.17, 15) is 4.79 Å². The van der Waals surface area contributed by atoms with E-state index in [2.05, 4.69) is 20.5 Å². The first kappa shape index (κ1) is 26.3. The molecule has 1 N–H and O–H groups in total. The van der Waals surface area contributed by atoms with E-state index in [1.54, 1.807) is 12.1 Å². The third kappa shape index (κ3) is 6.05. The minimum atomic E-state index is -0.330. The van der Waals surface area contributed by atoms with Crippen LogP contribution in [0.2, 0.25) is 15.1 Å². The van der Waals surface area contributed by atoms with Crippen molar-refractivity contribution in [2.75, 3.05) is 6.54 Å². The van der Waals surface area contributed by atoms with Crippen molar-refractivity contribution < 1.29 is 9.21 Å². The summed E-state index contributed by atoms with van der Waals surface area (Å²) < 4.78 is 7.49. The van der Waals surface area contributed by atoms with Crippen molar-refractivity contribution >= 4 is 52.5 Å². The van der Waals surface area contributed by atoms with E-state index in [0.717, 1.165) is 16.8 Å². The molecule has 0 aliphatic rings. The van der Waals surface area contributed by atoms with Crippen LogP contribution in [0.3, 0.4) is 0 Å². The number of halogens is 3. The van der Waals surface area contributed by atoms with Gasteiger partial charge in [0, 0.05) is 27.8 Å². The molecule has 0 unspecified atom stereocenters. The van der Waals surface area contributed by atoms with Crippen LogP contribution >= 0.6 is 46.6 Å². The molecule has 0 radical (unpaired) electrons. The number of rotatable bonds is 9. The smallest absolute Gasteiger partial charge is 0.273 e. The van der Waals surface area contributed by atoms with Crippen LogP contribution in [0.25, 0.3) is 17.1 Å². The Bertz CT molecular complexity index is 1570. The number of aromatic nitrogens is 4. The van der Waals surface area contributed by atoms with E-state index in [1.807, 2.05) is 65.2 Å². The number of nitrogens with zero attached hydrogens (tertiary/aromatic N) is 4. The van der Waals surface area contributed by atoms with E-state index in [1.165, 1.54) is 18.0 Å². The largest absolute Gasteiger partial charge is 0.447 e. The number of carbonyl (C=O) groups excluding carboxylic acids is 1. The molecule has 5 rings (SSSR count). The van der Waals surface area contributed by atoms with E-state index in [4.69, 9.17) is 39.2 Å². The highest BCUT2D eigenvalue weighted by Crippen LogP contribution is 2.32. The first-order chi connectivity index (χ1) is 18.5. The third-order valence-corrected chi connectivity index (χ3v) is 7.40. The molecule has 0 fully saturated rings. The second-order valence-corrected chi connectivity index (χ2v) is 10.3. The van der Waals surface area contributed by atoms with Crippen molar-refractivity contribution in [3.63, 3.8) is 0 Å². The Balaban J connectivity index is 1.26. The molecule has 11 heteroatoms. The summed E-state index contributed by atoms with van der Waals surface area (Å²) in [6.07, 6.45) is 1.91. The van der Waals surface area contributed by atoms with E-state index < -0.39 is 0 Å². The molecule has 3 aromatic carbocycles. The lowest BCUT2D eigenvalue weighted by Gasteiger charge is -2.10. The number of hydrogen-bond acceptors (Lipinski definition) is 6. The minimum absolute atomic E-state index is 0.198. The Morgan fingerprint density at radius 2 is 1.74 bits per heavy atom. The number of para-hydroxylation sites is 1. The summed E-state index contributed by atoms with van der Waals surface area (Å²) in [5.41, 5.74) is 2.76. The number of hydrogen-bond donors (Lipinski definition) is 1. The van der Waals surface area contributed by atoms with Gasteiger partial charge in [-0.25, -0.2) is 4.98 Å². The third-order valence-electron chi connectivity index (χ3n) is 5.57. The van der Waals surface area contributed by atoms with Gasteiger partial charge >= 0.3 is 0 Å². The highest BCUT2D eigenvalue weighted by molar-refractivity contribution is 7.98. The van der Waals surface area contributed by atoms with E-state index >= 15 is 0 Å². The SMILES string of the molecule is O=C(NCCc1ccc(Cl)cc1Cl)c1coc(CSc2nnc(-c3ccccc3Cl)n2-c2ccccc2)n1. The molecule has 0 spiro atoms. The number of amides is 1. The van der Waals surface area contributed by atoms with Gasteiger partial charge in [-0.1, -0.05) is 83.0 Å². The molecular formula is C27H20Cl3N5O2S. The van der Waals surface area contributed by atoms with Crippen LogP contribution in [0.15, 0.2) is 88.6 Å². The second-order valence-electron chi connectivity index (χ2n) is 8.11. The molecule has 192 valence electrons. The molecule has 38 heavy (non-hydrogen) atoms. The van der Waals surface area contributed by atoms with Crippen LogP contribution in [0.5, 0.6) is 0 Å². The van der Waals surface area contributed by atoms with Gasteiger partial charge in [0.15, 0.2) is 16.7 Å². The average molecular weight is 585 g/mol. The lowest BCUT2D eigenvalue weighted by molar-refractivity contribution is 0.0949. The number of carbonyl (C=O) groups is 1. The fourth-order valence-electron chi connectivity index (χ4n) is 3.72. The Labute approximate surface area is 238 Å². The number of oxazole rings is 1. The lowest BCUT2D eigenvalue weighted by atomic mass is 10.1. The fourth-order valence-corrected chi connectivity index (χ4v) is 5.25. The van der Waals surface area contributed by atoms with Gasteiger partial charge in [-0.15, -0.1) is 10.2 Å². The van der Waals surface area contributed by atoms with Gasteiger partial charge in [0.2, 0.25) is 5.89 Å². The van der Waals surface area contributed by atoms with Gasteiger partial charge < -0.3 is 9.73 Å². The van der Waals surface area contributed by atoms with Crippen LogP contribution in [-0.4, -0.2) is 32.2 Å². The highest BCUT2D eigenvalue weighted by atomic mass is 35.5. The Morgan fingerprint density at radius 1 is 0.947 bits per heavy atom. The van der Waals surface area contributed by atoms with E-state index in [-0.39, 0.29) is 11.6 Å². The molecular weight excluding hydrogens is 565 g/mol. The molecule has 5 aromatic rings. The first-order valence-electron chi connectivity index (χ1n) is 11.5. The molecule has 0 bridgehead atoms. The van der Waals surface area contributed by atoms with Gasteiger partial charge in [-0.05, 0) is 48.4 Å². The zero-order chi connectivity index (χ0) is 26.5. The average Bonchev–Trinajstić information content (AvgIpc) is 3.57. The molecule has 0 atom stereocenters. The van der Waals surface area contributed by atoms with E-state index in [0.29, 0.717) is 50.7 Å². The predicted molar refractivity (Wildman–Crippen MR) is 150 cm³/mol. The van der Waals surface area contributed by atoms with Gasteiger partial charge in [0.25, 0.3) is 5.91 Å². The van der Waals surface area contributed by atoms with Crippen LogP contribution in [0.1, 0.15) is 21.9 Å². The molecule has 0 aliphatic carbocycles. The van der Waals surface area contributed by atoms with Gasteiger partial charge in [-0.3, -0.25) is 9.36 Å². The summed E-state index contributed by atoms with van der Waals surface area (Å²) in [5.74, 6) is 1.03. The van der Waals surface area contributed by atoms with Crippen molar-refractivity contribution in [3.8, 4) is 17.1 Å². The van der Waals surface area contributed by atoms with Crippen LogP contribution < -0.4 is 5.32 Å². The normalized spacial score (nSPS) is 11.0. The summed E-state index contributed by atoms with van der Waals surface area (Å²) in [5, 5.41) is 14.0. The number of benzene rings is 3. The second kappa shape index (κ2) is 12.0. The summed E-state index contributed by atoms with van der Waals surface area (Å²) in [6.45, 7) is 0.391. The molecule has 0 saturated heterocycles. The zero-order valence-corrected chi connectivity index (χ0v) is 22.9. The standard InChI is InChI=1S/C27H20Cl3N5O2S/c28-18-11-10-17(22(30)14-18)12-13-31-26(36)23-15-37-24(32-23)16-38-27-34-33-25(20-8-4-5-9-21(20)29)35(27)19-6-2-1-3-7-19/h1-11,14-15H,12-13,16H2,(H,31,36). The summed E-state index contributed by atoms with van der Waals surface area (Å²) in [7, 11) is 0. The molecule has 0 saturated carbocycles. The Morgan fingerprint density at radius 3 is 2.53 bits per heavy atom. The maximum absolute atomic E-state index is 12.6. The monoisotopic (exact) mass is 583 g/mol. The Hall–Kier alpha value is -3.30. The van der Waals surface area contributed by atoms with Crippen molar-refractivity contribution in [1.29, 1.82) is 0 Å². The zero-order valence-electron chi connectivity index (χ0n) is 19.8. The topological polar surface area (TPSA) is 85.8 Å². The van der Waals surface area contributed by atoms with Crippen molar-refractivity contribution in [2.45, 2.75) is 17.3 Å². The number of thioether (sulfide) groups is 1. The van der Waals surface area contributed by atoms with Gasteiger partial charge in [0.05, 0.1) is 10.8 Å². The van der Waals surface area contributed by atoms with Crippen molar-refractivity contribution in [2.24, 2.45) is 0 Å².